The van der Waals surface area contributed by atoms with Crippen LogP contribution in [0.3, 0.4) is 0 Å². The van der Waals surface area contributed by atoms with Crippen LogP contribution in [0, 0.1) is 0 Å². The Hall–Kier alpha value is -0.470. The number of benzene rings is 1. The van der Waals surface area contributed by atoms with Gasteiger partial charge in [-0.05, 0) is 48.8 Å². The van der Waals surface area contributed by atoms with E-state index < -0.39 is 0 Å². The van der Waals surface area contributed by atoms with E-state index in [1.165, 1.54) is 24.0 Å². The highest BCUT2D eigenvalue weighted by molar-refractivity contribution is 7.98. The van der Waals surface area contributed by atoms with Crippen molar-refractivity contribution in [2.75, 3.05) is 18.6 Å². The second-order valence-electron chi connectivity index (χ2n) is 4.69. The van der Waals surface area contributed by atoms with Crippen LogP contribution in [-0.2, 0) is 11.8 Å². The summed E-state index contributed by atoms with van der Waals surface area (Å²) in [4.78, 5) is 0. The fourth-order valence-corrected chi connectivity index (χ4v) is 3.40. The zero-order valence-electron chi connectivity index (χ0n) is 9.91. The molecule has 0 radical (unpaired) electrons. The molecular formula is C14H20OS. The summed E-state index contributed by atoms with van der Waals surface area (Å²) in [6.45, 7) is 0.296. The maximum atomic E-state index is 9.81. The van der Waals surface area contributed by atoms with Gasteiger partial charge in [-0.1, -0.05) is 24.3 Å². The molecule has 0 saturated carbocycles. The summed E-state index contributed by atoms with van der Waals surface area (Å²) in [6.07, 6.45) is 6.77. The molecule has 0 amide bonds. The second kappa shape index (κ2) is 5.24. The van der Waals surface area contributed by atoms with Crippen LogP contribution in [0.15, 0.2) is 24.3 Å². The van der Waals surface area contributed by atoms with E-state index in [9.17, 15) is 5.11 Å². The number of aliphatic hydroxyl groups excluding tert-OH is 1. The molecule has 2 rings (SSSR count). The molecule has 0 aromatic heterocycles. The van der Waals surface area contributed by atoms with Crippen molar-refractivity contribution < 1.29 is 5.11 Å². The Balaban J connectivity index is 2.33. The highest BCUT2D eigenvalue weighted by Gasteiger charge is 2.35. The van der Waals surface area contributed by atoms with E-state index in [-0.39, 0.29) is 5.41 Å². The summed E-state index contributed by atoms with van der Waals surface area (Å²) in [7, 11) is 0. The molecule has 0 fully saturated rings. The molecular weight excluding hydrogens is 216 g/mol. The third-order valence-electron chi connectivity index (χ3n) is 3.78. The van der Waals surface area contributed by atoms with Crippen molar-refractivity contribution in [2.24, 2.45) is 0 Å². The van der Waals surface area contributed by atoms with E-state index in [2.05, 4.69) is 30.5 Å². The summed E-state index contributed by atoms with van der Waals surface area (Å²) in [6, 6.07) is 8.65. The van der Waals surface area contributed by atoms with Crippen molar-refractivity contribution in [1.82, 2.24) is 0 Å². The van der Waals surface area contributed by atoms with Crippen LogP contribution in [0.25, 0.3) is 0 Å². The van der Waals surface area contributed by atoms with Gasteiger partial charge in [0, 0.05) is 5.41 Å². The Labute approximate surface area is 102 Å². The van der Waals surface area contributed by atoms with Gasteiger partial charge in [0.15, 0.2) is 0 Å². The first-order chi connectivity index (χ1) is 7.82. The van der Waals surface area contributed by atoms with Crippen molar-refractivity contribution in [2.45, 2.75) is 31.1 Å². The van der Waals surface area contributed by atoms with Crippen molar-refractivity contribution in [3.8, 4) is 0 Å². The number of thioether (sulfide) groups is 1. The zero-order valence-corrected chi connectivity index (χ0v) is 10.7. The number of rotatable bonds is 4. The predicted octanol–water partition coefficient (Wildman–Crippen LogP) is 3.01. The average Bonchev–Trinajstić information content (AvgIpc) is 2.36. The molecule has 1 aromatic rings. The fourth-order valence-electron chi connectivity index (χ4n) is 2.81. The Morgan fingerprint density at radius 2 is 2.19 bits per heavy atom. The molecule has 0 aliphatic heterocycles. The zero-order chi connectivity index (χ0) is 11.4. The highest BCUT2D eigenvalue weighted by atomic mass is 32.2. The monoisotopic (exact) mass is 236 g/mol. The largest absolute Gasteiger partial charge is 0.395 e. The van der Waals surface area contributed by atoms with Gasteiger partial charge in [0.1, 0.15) is 0 Å². The van der Waals surface area contributed by atoms with Crippen LogP contribution >= 0.6 is 11.8 Å². The molecule has 1 N–H and O–H groups in total. The van der Waals surface area contributed by atoms with E-state index in [0.717, 1.165) is 18.6 Å². The third kappa shape index (κ3) is 2.14. The Morgan fingerprint density at radius 3 is 2.94 bits per heavy atom. The quantitative estimate of drug-likeness (QED) is 0.867. The molecule has 1 aliphatic rings. The van der Waals surface area contributed by atoms with Gasteiger partial charge in [0.2, 0.25) is 0 Å². The van der Waals surface area contributed by atoms with Gasteiger partial charge in [0.25, 0.3) is 0 Å². The summed E-state index contributed by atoms with van der Waals surface area (Å²) in [5.41, 5.74) is 2.89. The predicted molar refractivity (Wildman–Crippen MR) is 71.1 cm³/mol. The molecule has 1 unspecified atom stereocenters. The van der Waals surface area contributed by atoms with Crippen molar-refractivity contribution in [3.63, 3.8) is 0 Å². The lowest BCUT2D eigenvalue weighted by Crippen LogP contribution is -2.35. The lowest BCUT2D eigenvalue weighted by molar-refractivity contribution is 0.170. The van der Waals surface area contributed by atoms with Gasteiger partial charge in [-0.2, -0.15) is 11.8 Å². The van der Waals surface area contributed by atoms with Crippen molar-refractivity contribution in [1.29, 1.82) is 0 Å². The number of fused-ring (bicyclic) bond motifs is 1. The molecule has 16 heavy (non-hydrogen) atoms. The second-order valence-corrected chi connectivity index (χ2v) is 5.68. The van der Waals surface area contributed by atoms with Gasteiger partial charge in [-0.15, -0.1) is 0 Å². The van der Waals surface area contributed by atoms with E-state index in [0.29, 0.717) is 6.61 Å². The molecule has 0 heterocycles. The maximum Gasteiger partial charge on any atom is 0.0528 e. The Kier molecular flexibility index (Phi) is 3.93. The normalized spacial score (nSPS) is 24.1. The summed E-state index contributed by atoms with van der Waals surface area (Å²) in [5, 5.41) is 9.81. The van der Waals surface area contributed by atoms with Crippen LogP contribution in [0.5, 0.6) is 0 Å². The first-order valence-electron chi connectivity index (χ1n) is 6.00. The van der Waals surface area contributed by atoms with Gasteiger partial charge in [-0.25, -0.2) is 0 Å². The lowest BCUT2D eigenvalue weighted by atomic mass is 9.69. The molecule has 1 atom stereocenters. The maximum absolute atomic E-state index is 9.81. The van der Waals surface area contributed by atoms with Gasteiger partial charge >= 0.3 is 0 Å². The Morgan fingerprint density at radius 1 is 1.38 bits per heavy atom. The number of hydrogen-bond donors (Lipinski definition) is 1. The molecule has 0 saturated heterocycles. The minimum Gasteiger partial charge on any atom is -0.395 e. The first kappa shape index (κ1) is 12.0. The lowest BCUT2D eigenvalue weighted by Gasteiger charge is -2.37. The minimum atomic E-state index is 0.0395. The van der Waals surface area contributed by atoms with Crippen LogP contribution in [0.4, 0.5) is 0 Å². The molecule has 1 aliphatic carbocycles. The van der Waals surface area contributed by atoms with Crippen LogP contribution < -0.4 is 0 Å². The molecule has 88 valence electrons. The summed E-state index contributed by atoms with van der Waals surface area (Å²) in [5.74, 6) is 1.13. The van der Waals surface area contributed by atoms with Crippen LogP contribution in [-0.4, -0.2) is 23.7 Å². The first-order valence-corrected chi connectivity index (χ1v) is 7.40. The third-order valence-corrected chi connectivity index (χ3v) is 4.39. The fraction of sp³-hybridized carbons (Fsp3) is 0.571. The van der Waals surface area contributed by atoms with Gasteiger partial charge in [0.05, 0.1) is 6.61 Å². The summed E-state index contributed by atoms with van der Waals surface area (Å²) < 4.78 is 0. The van der Waals surface area contributed by atoms with Crippen molar-refractivity contribution in [3.05, 3.63) is 35.4 Å². The number of aliphatic hydroxyl groups is 1. The topological polar surface area (TPSA) is 20.2 Å². The van der Waals surface area contributed by atoms with Gasteiger partial charge in [-0.3, -0.25) is 0 Å². The van der Waals surface area contributed by atoms with E-state index in [1.807, 2.05) is 11.8 Å². The Bertz CT molecular complexity index is 350. The van der Waals surface area contributed by atoms with E-state index in [4.69, 9.17) is 0 Å². The average molecular weight is 236 g/mol. The summed E-state index contributed by atoms with van der Waals surface area (Å²) >= 11 is 1.87. The molecule has 2 heteroatoms. The van der Waals surface area contributed by atoms with E-state index in [1.54, 1.807) is 0 Å². The van der Waals surface area contributed by atoms with E-state index >= 15 is 0 Å². The molecule has 1 nitrogen and oxygen atoms in total. The molecule has 1 aromatic carbocycles. The smallest absolute Gasteiger partial charge is 0.0528 e. The molecule has 0 bridgehead atoms. The molecule has 0 spiro atoms. The van der Waals surface area contributed by atoms with Crippen molar-refractivity contribution >= 4 is 11.8 Å². The minimum absolute atomic E-state index is 0.0395. The van der Waals surface area contributed by atoms with Gasteiger partial charge < -0.3 is 5.11 Å². The number of aryl methyl sites for hydroxylation is 1. The standard InChI is InChI=1S/C14H20OS/c1-16-10-9-14(11-15)8-4-6-12-5-2-3-7-13(12)14/h2-3,5,7,15H,4,6,8-11H2,1H3. The SMILES string of the molecule is CSCCC1(CO)CCCc2ccccc21. The van der Waals surface area contributed by atoms with Crippen LogP contribution in [0.1, 0.15) is 30.4 Å². The highest BCUT2D eigenvalue weighted by Crippen LogP contribution is 2.40. The van der Waals surface area contributed by atoms with Crippen LogP contribution in [0.2, 0.25) is 0 Å². The number of hydrogen-bond acceptors (Lipinski definition) is 2.